The largest absolute Gasteiger partial charge is 0.497 e. The SMILES string of the molecule is CC[C@H]1CSC(=Nc2ccc(OC)cc2)N1C(=O)c1cccc(Cl)c1. The van der Waals surface area contributed by atoms with Gasteiger partial charge < -0.3 is 4.74 Å². The first-order chi connectivity index (χ1) is 12.1. The fourth-order valence-electron chi connectivity index (χ4n) is 2.64. The van der Waals surface area contributed by atoms with E-state index in [-0.39, 0.29) is 11.9 Å². The van der Waals surface area contributed by atoms with Crippen molar-refractivity contribution in [3.05, 3.63) is 59.1 Å². The minimum Gasteiger partial charge on any atom is -0.497 e. The van der Waals surface area contributed by atoms with Crippen LogP contribution in [0.2, 0.25) is 5.02 Å². The molecule has 0 N–H and O–H groups in total. The van der Waals surface area contributed by atoms with E-state index < -0.39 is 0 Å². The number of amides is 1. The molecule has 2 aromatic carbocycles. The summed E-state index contributed by atoms with van der Waals surface area (Å²) < 4.78 is 5.17. The number of hydrogen-bond acceptors (Lipinski definition) is 4. The maximum absolute atomic E-state index is 13.0. The second-order valence-electron chi connectivity index (χ2n) is 5.65. The summed E-state index contributed by atoms with van der Waals surface area (Å²) in [5, 5.41) is 1.28. The van der Waals surface area contributed by atoms with Gasteiger partial charge in [0.25, 0.3) is 5.91 Å². The Bertz CT molecular complexity index is 792. The molecule has 2 aromatic rings. The molecule has 0 radical (unpaired) electrons. The van der Waals surface area contributed by atoms with Gasteiger partial charge >= 0.3 is 0 Å². The number of benzene rings is 2. The molecule has 3 rings (SSSR count). The van der Waals surface area contributed by atoms with Crippen LogP contribution in [-0.2, 0) is 0 Å². The number of carbonyl (C=O) groups is 1. The van der Waals surface area contributed by atoms with Gasteiger partial charge in [-0.05, 0) is 48.9 Å². The molecule has 25 heavy (non-hydrogen) atoms. The average molecular weight is 375 g/mol. The highest BCUT2D eigenvalue weighted by Crippen LogP contribution is 2.31. The third-order valence-electron chi connectivity index (χ3n) is 4.03. The summed E-state index contributed by atoms with van der Waals surface area (Å²) >= 11 is 7.65. The van der Waals surface area contributed by atoms with Crippen LogP contribution in [0.3, 0.4) is 0 Å². The van der Waals surface area contributed by atoms with Crippen molar-refractivity contribution in [3.8, 4) is 5.75 Å². The maximum Gasteiger partial charge on any atom is 0.260 e. The van der Waals surface area contributed by atoms with Gasteiger partial charge in [-0.2, -0.15) is 0 Å². The lowest BCUT2D eigenvalue weighted by molar-refractivity contribution is 0.0819. The number of halogens is 1. The monoisotopic (exact) mass is 374 g/mol. The van der Waals surface area contributed by atoms with Gasteiger partial charge in [-0.1, -0.05) is 36.4 Å². The number of carbonyl (C=O) groups excluding carboxylic acids is 1. The van der Waals surface area contributed by atoms with E-state index in [0.29, 0.717) is 10.6 Å². The number of rotatable bonds is 4. The zero-order chi connectivity index (χ0) is 17.8. The summed E-state index contributed by atoms with van der Waals surface area (Å²) in [7, 11) is 1.63. The van der Waals surface area contributed by atoms with Gasteiger partial charge in [-0.15, -0.1) is 0 Å². The molecule has 1 aliphatic rings. The van der Waals surface area contributed by atoms with Crippen LogP contribution < -0.4 is 4.74 Å². The predicted octanol–water partition coefficient (Wildman–Crippen LogP) is 5.00. The van der Waals surface area contributed by atoms with E-state index >= 15 is 0 Å². The molecule has 0 saturated carbocycles. The third kappa shape index (κ3) is 3.99. The van der Waals surface area contributed by atoms with Crippen molar-refractivity contribution in [2.45, 2.75) is 19.4 Å². The molecule has 130 valence electrons. The maximum atomic E-state index is 13.0. The number of amidine groups is 1. The zero-order valence-electron chi connectivity index (χ0n) is 14.1. The average Bonchev–Trinajstić information content (AvgIpc) is 3.04. The standard InChI is InChI=1S/C19H19ClN2O2S/c1-3-16-12-25-19(21-15-7-9-17(24-2)10-8-15)22(16)18(23)13-5-4-6-14(20)11-13/h4-11,16H,3,12H2,1-2H3/t16-/m0/s1. The van der Waals surface area contributed by atoms with Crippen molar-refractivity contribution in [1.82, 2.24) is 4.90 Å². The third-order valence-corrected chi connectivity index (χ3v) is 5.37. The first-order valence-electron chi connectivity index (χ1n) is 8.07. The predicted molar refractivity (Wildman–Crippen MR) is 104 cm³/mol. The Labute approximate surface area is 156 Å². The quantitative estimate of drug-likeness (QED) is 0.755. The van der Waals surface area contributed by atoms with Crippen molar-refractivity contribution in [2.24, 2.45) is 4.99 Å². The van der Waals surface area contributed by atoms with Crippen molar-refractivity contribution < 1.29 is 9.53 Å². The topological polar surface area (TPSA) is 41.9 Å². The minimum atomic E-state index is -0.0633. The molecule has 0 aromatic heterocycles. The number of nitrogens with zero attached hydrogens (tertiary/aromatic N) is 2. The summed E-state index contributed by atoms with van der Waals surface area (Å²) in [6, 6.07) is 14.7. The Morgan fingerprint density at radius 2 is 2.08 bits per heavy atom. The van der Waals surface area contributed by atoms with Gasteiger partial charge in [-0.3, -0.25) is 9.69 Å². The molecular weight excluding hydrogens is 356 g/mol. The second kappa shape index (κ2) is 7.93. The minimum absolute atomic E-state index is 0.0633. The summed E-state index contributed by atoms with van der Waals surface area (Å²) in [4.78, 5) is 19.5. The van der Waals surface area contributed by atoms with Crippen LogP contribution in [-0.4, -0.2) is 34.9 Å². The van der Waals surface area contributed by atoms with E-state index in [1.807, 2.05) is 24.3 Å². The van der Waals surface area contributed by atoms with Crippen LogP contribution in [0.25, 0.3) is 0 Å². The molecule has 0 bridgehead atoms. The molecule has 1 amide bonds. The first-order valence-corrected chi connectivity index (χ1v) is 9.43. The lowest BCUT2D eigenvalue weighted by Gasteiger charge is -2.23. The number of ether oxygens (including phenoxy) is 1. The Hall–Kier alpha value is -1.98. The van der Waals surface area contributed by atoms with Crippen LogP contribution in [0, 0.1) is 0 Å². The Morgan fingerprint density at radius 1 is 1.32 bits per heavy atom. The van der Waals surface area contributed by atoms with Crippen LogP contribution >= 0.6 is 23.4 Å². The fraction of sp³-hybridized carbons (Fsp3) is 0.263. The molecule has 6 heteroatoms. The lowest BCUT2D eigenvalue weighted by Crippen LogP contribution is -2.39. The van der Waals surface area contributed by atoms with Crippen molar-refractivity contribution >= 4 is 40.1 Å². The summed E-state index contributed by atoms with van der Waals surface area (Å²) in [5.41, 5.74) is 1.37. The van der Waals surface area contributed by atoms with E-state index in [4.69, 9.17) is 16.3 Å². The fourth-order valence-corrected chi connectivity index (χ4v) is 4.10. The normalized spacial score (nSPS) is 18.6. The van der Waals surface area contributed by atoms with Crippen LogP contribution in [0.5, 0.6) is 5.75 Å². The molecule has 1 heterocycles. The van der Waals surface area contributed by atoms with E-state index in [1.165, 1.54) is 0 Å². The molecule has 1 saturated heterocycles. The summed E-state index contributed by atoms with van der Waals surface area (Å²) in [6.07, 6.45) is 0.876. The molecule has 0 unspecified atom stereocenters. The number of aliphatic imine (C=N–C) groups is 1. The highest BCUT2D eigenvalue weighted by atomic mass is 35.5. The van der Waals surface area contributed by atoms with Crippen molar-refractivity contribution in [2.75, 3.05) is 12.9 Å². The second-order valence-corrected chi connectivity index (χ2v) is 7.07. The van der Waals surface area contributed by atoms with Crippen LogP contribution in [0.1, 0.15) is 23.7 Å². The highest BCUT2D eigenvalue weighted by molar-refractivity contribution is 8.14. The molecule has 0 aliphatic carbocycles. The van der Waals surface area contributed by atoms with E-state index in [9.17, 15) is 4.79 Å². The van der Waals surface area contributed by atoms with E-state index in [1.54, 1.807) is 48.0 Å². The van der Waals surface area contributed by atoms with E-state index in [0.717, 1.165) is 28.8 Å². The van der Waals surface area contributed by atoms with Gasteiger partial charge in [0.2, 0.25) is 0 Å². The van der Waals surface area contributed by atoms with Crippen molar-refractivity contribution in [1.29, 1.82) is 0 Å². The van der Waals surface area contributed by atoms with Gasteiger partial charge in [0.1, 0.15) is 5.75 Å². The molecule has 1 atom stereocenters. The Balaban J connectivity index is 1.92. The number of hydrogen-bond donors (Lipinski definition) is 0. The molecule has 1 fully saturated rings. The van der Waals surface area contributed by atoms with E-state index in [2.05, 4.69) is 11.9 Å². The molecule has 4 nitrogen and oxygen atoms in total. The van der Waals surface area contributed by atoms with Gasteiger partial charge in [0.05, 0.1) is 12.8 Å². The Morgan fingerprint density at radius 3 is 2.72 bits per heavy atom. The first kappa shape index (κ1) is 17.8. The molecular formula is C19H19ClN2O2S. The van der Waals surface area contributed by atoms with Crippen molar-refractivity contribution in [3.63, 3.8) is 0 Å². The molecule has 1 aliphatic heterocycles. The van der Waals surface area contributed by atoms with Crippen LogP contribution in [0.4, 0.5) is 5.69 Å². The number of methoxy groups -OCH3 is 1. The summed E-state index contributed by atoms with van der Waals surface area (Å²) in [5.74, 6) is 1.56. The zero-order valence-corrected chi connectivity index (χ0v) is 15.7. The summed E-state index contributed by atoms with van der Waals surface area (Å²) in [6.45, 7) is 2.08. The lowest BCUT2D eigenvalue weighted by atomic mass is 10.1. The smallest absolute Gasteiger partial charge is 0.260 e. The number of thioether (sulfide) groups is 1. The van der Waals surface area contributed by atoms with Gasteiger partial charge in [0, 0.05) is 22.4 Å². The Kier molecular flexibility index (Phi) is 5.66. The highest BCUT2D eigenvalue weighted by Gasteiger charge is 2.34. The van der Waals surface area contributed by atoms with Gasteiger partial charge in [-0.25, -0.2) is 4.99 Å². The van der Waals surface area contributed by atoms with Crippen LogP contribution in [0.15, 0.2) is 53.5 Å². The molecule has 0 spiro atoms. The van der Waals surface area contributed by atoms with Gasteiger partial charge in [0.15, 0.2) is 5.17 Å².